The standard InChI is InChI=1S/C14H12N2/c1-2-3-11-6-4-10-5-7-13-12(8-9-15-13)14(10)16-11/h2,4-9,16H,1,3H2. The number of allylic oxidation sites excluding steroid dienone is 1. The lowest BCUT2D eigenvalue weighted by Gasteiger charge is -2.03. The molecule has 1 N–H and O–H groups in total. The van der Waals surface area contributed by atoms with Crippen molar-refractivity contribution in [2.45, 2.75) is 6.42 Å². The predicted molar refractivity (Wildman–Crippen MR) is 67.5 cm³/mol. The van der Waals surface area contributed by atoms with E-state index in [4.69, 9.17) is 0 Å². The zero-order valence-electron chi connectivity index (χ0n) is 8.90. The Kier molecular flexibility index (Phi) is 2.00. The molecule has 78 valence electrons. The molecule has 16 heavy (non-hydrogen) atoms. The van der Waals surface area contributed by atoms with Crippen LogP contribution in [0.2, 0.25) is 0 Å². The topological polar surface area (TPSA) is 28.7 Å². The number of aromatic amines is 1. The second-order valence-corrected chi connectivity index (χ2v) is 3.88. The van der Waals surface area contributed by atoms with Crippen molar-refractivity contribution in [3.05, 3.63) is 54.9 Å². The van der Waals surface area contributed by atoms with Crippen molar-refractivity contribution in [2.24, 2.45) is 0 Å². The Morgan fingerprint density at radius 2 is 2.06 bits per heavy atom. The van der Waals surface area contributed by atoms with Gasteiger partial charge < -0.3 is 4.98 Å². The van der Waals surface area contributed by atoms with E-state index in [-0.39, 0.29) is 0 Å². The molecule has 2 nitrogen and oxygen atoms in total. The predicted octanol–water partition coefficient (Wildman–Crippen LogP) is 3.44. The number of nitrogens with zero attached hydrogens (tertiary/aromatic N) is 1. The maximum absolute atomic E-state index is 4.30. The van der Waals surface area contributed by atoms with Crippen LogP contribution in [0.15, 0.2) is 49.2 Å². The maximum atomic E-state index is 4.30. The third-order valence-electron chi connectivity index (χ3n) is 2.82. The zero-order valence-corrected chi connectivity index (χ0v) is 8.90. The van der Waals surface area contributed by atoms with E-state index in [1.165, 1.54) is 16.5 Å². The van der Waals surface area contributed by atoms with Crippen molar-refractivity contribution in [3.8, 4) is 0 Å². The first-order chi connectivity index (χ1) is 7.88. The van der Waals surface area contributed by atoms with Crippen LogP contribution in [0, 0.1) is 0 Å². The highest BCUT2D eigenvalue weighted by atomic mass is 14.7. The fraction of sp³-hybridized carbons (Fsp3) is 0.0714. The second-order valence-electron chi connectivity index (χ2n) is 3.88. The fourth-order valence-electron chi connectivity index (χ4n) is 2.04. The lowest BCUT2D eigenvalue weighted by atomic mass is 10.1. The van der Waals surface area contributed by atoms with E-state index in [1.54, 1.807) is 0 Å². The highest BCUT2D eigenvalue weighted by Gasteiger charge is 2.02. The van der Waals surface area contributed by atoms with Crippen LogP contribution in [0.3, 0.4) is 0 Å². The molecule has 0 aliphatic carbocycles. The summed E-state index contributed by atoms with van der Waals surface area (Å²) in [6.07, 6.45) is 4.61. The van der Waals surface area contributed by atoms with Gasteiger partial charge in [0, 0.05) is 23.7 Å². The van der Waals surface area contributed by atoms with Crippen molar-refractivity contribution in [2.75, 3.05) is 0 Å². The van der Waals surface area contributed by atoms with Crippen LogP contribution < -0.4 is 0 Å². The number of fused-ring (bicyclic) bond motifs is 3. The third-order valence-corrected chi connectivity index (χ3v) is 2.82. The minimum absolute atomic E-state index is 0.862. The van der Waals surface area contributed by atoms with Gasteiger partial charge in [-0.25, -0.2) is 0 Å². The van der Waals surface area contributed by atoms with E-state index in [0.717, 1.165) is 17.5 Å². The highest BCUT2D eigenvalue weighted by Crippen LogP contribution is 2.23. The van der Waals surface area contributed by atoms with Crippen LogP contribution in [-0.2, 0) is 6.42 Å². The van der Waals surface area contributed by atoms with Crippen molar-refractivity contribution in [3.63, 3.8) is 0 Å². The average molecular weight is 208 g/mol. The van der Waals surface area contributed by atoms with Gasteiger partial charge in [-0.2, -0.15) is 0 Å². The number of H-pyrrole nitrogens is 1. The lowest BCUT2D eigenvalue weighted by Crippen LogP contribution is -1.88. The van der Waals surface area contributed by atoms with Gasteiger partial charge in [0.1, 0.15) is 0 Å². The largest absolute Gasteiger partial charge is 0.358 e. The molecule has 2 heteroatoms. The Labute approximate surface area is 93.6 Å². The molecule has 2 aromatic heterocycles. The fourth-order valence-corrected chi connectivity index (χ4v) is 2.04. The lowest BCUT2D eigenvalue weighted by molar-refractivity contribution is 1.15. The van der Waals surface area contributed by atoms with Crippen LogP contribution in [0.4, 0.5) is 0 Å². The van der Waals surface area contributed by atoms with Gasteiger partial charge in [0.15, 0.2) is 0 Å². The van der Waals surface area contributed by atoms with Gasteiger partial charge in [-0.3, -0.25) is 4.98 Å². The minimum Gasteiger partial charge on any atom is -0.358 e. The summed E-state index contributed by atoms with van der Waals surface area (Å²) in [5.74, 6) is 0. The van der Waals surface area contributed by atoms with Crippen LogP contribution in [0.1, 0.15) is 5.69 Å². The third kappa shape index (κ3) is 1.31. The van der Waals surface area contributed by atoms with Crippen LogP contribution in [-0.4, -0.2) is 9.97 Å². The molecule has 0 aliphatic rings. The summed E-state index contributed by atoms with van der Waals surface area (Å²) in [6.45, 7) is 3.76. The molecule has 0 bridgehead atoms. The molecule has 0 saturated carbocycles. The smallest absolute Gasteiger partial charge is 0.0723 e. The van der Waals surface area contributed by atoms with Gasteiger partial charge in [-0.1, -0.05) is 18.2 Å². The number of pyridine rings is 1. The summed E-state index contributed by atoms with van der Waals surface area (Å²) in [4.78, 5) is 7.75. The molecule has 0 radical (unpaired) electrons. The Morgan fingerprint density at radius 3 is 2.94 bits per heavy atom. The Bertz CT molecular complexity index is 665. The number of benzene rings is 1. The van der Waals surface area contributed by atoms with Gasteiger partial charge >= 0.3 is 0 Å². The Hall–Kier alpha value is -2.09. The van der Waals surface area contributed by atoms with Gasteiger partial charge in [0.05, 0.1) is 11.0 Å². The number of nitrogens with one attached hydrogen (secondary N) is 1. The normalized spacial score (nSPS) is 11.0. The van der Waals surface area contributed by atoms with Gasteiger partial charge in [-0.05, 0) is 23.6 Å². The van der Waals surface area contributed by atoms with Gasteiger partial charge in [0.25, 0.3) is 0 Å². The van der Waals surface area contributed by atoms with E-state index >= 15 is 0 Å². The molecule has 0 saturated heterocycles. The average Bonchev–Trinajstić information content (AvgIpc) is 2.78. The van der Waals surface area contributed by atoms with Crippen LogP contribution in [0.5, 0.6) is 0 Å². The second kappa shape index (κ2) is 3.49. The van der Waals surface area contributed by atoms with Crippen LogP contribution in [0.25, 0.3) is 21.8 Å². The van der Waals surface area contributed by atoms with E-state index in [1.807, 2.05) is 18.3 Å². The Morgan fingerprint density at radius 1 is 1.19 bits per heavy atom. The van der Waals surface area contributed by atoms with Gasteiger partial charge in [0.2, 0.25) is 0 Å². The van der Waals surface area contributed by atoms with E-state index in [2.05, 4.69) is 40.8 Å². The molecule has 2 heterocycles. The minimum atomic E-state index is 0.862. The van der Waals surface area contributed by atoms with Crippen molar-refractivity contribution < 1.29 is 0 Å². The quantitative estimate of drug-likeness (QED) is 0.642. The molecule has 1 aromatic carbocycles. The first-order valence-electron chi connectivity index (χ1n) is 5.35. The molecular formula is C14H12N2. The SMILES string of the molecule is C=CCc1ccc2ccc3nccc3c2[nH]1. The molecule has 3 aromatic rings. The maximum Gasteiger partial charge on any atom is 0.0723 e. The molecule has 0 unspecified atom stereocenters. The molecule has 0 aliphatic heterocycles. The summed E-state index contributed by atoms with van der Waals surface area (Å²) in [5.41, 5.74) is 3.38. The Balaban J connectivity index is 2.37. The van der Waals surface area contributed by atoms with E-state index in [0.29, 0.717) is 0 Å². The summed E-state index contributed by atoms with van der Waals surface area (Å²) in [5, 5.41) is 2.40. The number of hydrogen-bond acceptors (Lipinski definition) is 1. The van der Waals surface area contributed by atoms with Crippen molar-refractivity contribution >= 4 is 21.8 Å². The summed E-state index contributed by atoms with van der Waals surface area (Å²) in [6, 6.07) is 10.4. The van der Waals surface area contributed by atoms with Crippen molar-refractivity contribution in [1.29, 1.82) is 0 Å². The molecule has 3 rings (SSSR count). The number of aromatic nitrogens is 2. The summed E-state index contributed by atoms with van der Waals surface area (Å²) >= 11 is 0. The van der Waals surface area contributed by atoms with Gasteiger partial charge in [-0.15, -0.1) is 6.58 Å². The van der Waals surface area contributed by atoms with E-state index < -0.39 is 0 Å². The molecule has 0 amide bonds. The molecular weight excluding hydrogens is 196 g/mol. The highest BCUT2D eigenvalue weighted by molar-refractivity contribution is 6.03. The first-order valence-corrected chi connectivity index (χ1v) is 5.35. The zero-order chi connectivity index (χ0) is 11.0. The number of hydrogen-bond donors (Lipinski definition) is 1. The first kappa shape index (κ1) is 9.16. The van der Waals surface area contributed by atoms with Crippen molar-refractivity contribution in [1.82, 2.24) is 9.97 Å². The summed E-state index contributed by atoms with van der Waals surface area (Å²) < 4.78 is 0. The molecule has 0 fully saturated rings. The monoisotopic (exact) mass is 208 g/mol. The van der Waals surface area contributed by atoms with E-state index in [9.17, 15) is 0 Å². The number of rotatable bonds is 2. The molecule has 0 atom stereocenters. The summed E-state index contributed by atoms with van der Waals surface area (Å²) in [7, 11) is 0. The van der Waals surface area contributed by atoms with Crippen LogP contribution >= 0.6 is 0 Å². The molecule has 0 spiro atoms.